The monoisotopic (exact) mass is 275 g/mol. The van der Waals surface area contributed by atoms with Crippen molar-refractivity contribution in [1.29, 1.82) is 0 Å². The van der Waals surface area contributed by atoms with Crippen molar-refractivity contribution in [3.8, 4) is 0 Å². The third-order valence-electron chi connectivity index (χ3n) is 1.71. The third kappa shape index (κ3) is 1.66. The smallest absolute Gasteiger partial charge is 0.0900 e. The summed E-state index contributed by atoms with van der Waals surface area (Å²) in [5, 5.41) is 2.12. The SMILES string of the molecule is Clc1cc(Cl)c2nccc(Br)c2c1. The molecule has 0 aliphatic rings. The molecule has 2 aromatic rings. The van der Waals surface area contributed by atoms with E-state index in [0.29, 0.717) is 10.0 Å². The second-order valence-electron chi connectivity index (χ2n) is 2.58. The summed E-state index contributed by atoms with van der Waals surface area (Å²) in [7, 11) is 0. The van der Waals surface area contributed by atoms with Gasteiger partial charge in [-0.05, 0) is 18.2 Å². The summed E-state index contributed by atoms with van der Waals surface area (Å²) in [5.41, 5.74) is 0.764. The van der Waals surface area contributed by atoms with Crippen molar-refractivity contribution >= 4 is 50.0 Å². The van der Waals surface area contributed by atoms with Crippen LogP contribution in [0.2, 0.25) is 10.0 Å². The van der Waals surface area contributed by atoms with E-state index in [0.717, 1.165) is 15.4 Å². The van der Waals surface area contributed by atoms with Crippen LogP contribution in [0.1, 0.15) is 0 Å². The lowest BCUT2D eigenvalue weighted by Crippen LogP contribution is -1.81. The van der Waals surface area contributed by atoms with Gasteiger partial charge < -0.3 is 0 Å². The van der Waals surface area contributed by atoms with Crippen LogP contribution in [-0.4, -0.2) is 4.98 Å². The zero-order valence-corrected chi connectivity index (χ0v) is 9.49. The van der Waals surface area contributed by atoms with Gasteiger partial charge in [0.15, 0.2) is 0 Å². The van der Waals surface area contributed by atoms with E-state index < -0.39 is 0 Å². The summed E-state index contributed by atoms with van der Waals surface area (Å²) in [6, 6.07) is 5.37. The minimum absolute atomic E-state index is 0.573. The van der Waals surface area contributed by atoms with E-state index in [1.807, 2.05) is 12.1 Å². The van der Waals surface area contributed by atoms with Gasteiger partial charge in [-0.15, -0.1) is 0 Å². The highest BCUT2D eigenvalue weighted by Crippen LogP contribution is 2.30. The lowest BCUT2D eigenvalue weighted by molar-refractivity contribution is 1.40. The van der Waals surface area contributed by atoms with Gasteiger partial charge in [0.05, 0.1) is 10.5 Å². The van der Waals surface area contributed by atoms with Crippen molar-refractivity contribution in [2.45, 2.75) is 0 Å². The minimum Gasteiger partial charge on any atom is -0.255 e. The fraction of sp³-hybridized carbons (Fsp3) is 0. The molecule has 2 rings (SSSR count). The van der Waals surface area contributed by atoms with Crippen molar-refractivity contribution in [2.24, 2.45) is 0 Å². The fourth-order valence-electron chi connectivity index (χ4n) is 1.15. The van der Waals surface area contributed by atoms with E-state index in [1.165, 1.54) is 0 Å². The molecule has 0 atom stereocenters. The van der Waals surface area contributed by atoms with Gasteiger partial charge in [0.25, 0.3) is 0 Å². The molecule has 1 aromatic carbocycles. The summed E-state index contributed by atoms with van der Waals surface area (Å²) in [6.07, 6.45) is 1.70. The highest BCUT2D eigenvalue weighted by atomic mass is 79.9. The van der Waals surface area contributed by atoms with Crippen LogP contribution in [0.15, 0.2) is 28.9 Å². The van der Waals surface area contributed by atoms with Crippen molar-refractivity contribution in [2.75, 3.05) is 0 Å². The normalized spacial score (nSPS) is 10.7. The van der Waals surface area contributed by atoms with Gasteiger partial charge in [0.1, 0.15) is 0 Å². The first-order chi connectivity index (χ1) is 6.18. The maximum Gasteiger partial charge on any atom is 0.0900 e. The van der Waals surface area contributed by atoms with Crippen LogP contribution in [0.5, 0.6) is 0 Å². The molecule has 0 bridgehead atoms. The highest BCUT2D eigenvalue weighted by molar-refractivity contribution is 9.10. The Morgan fingerprint density at radius 3 is 2.77 bits per heavy atom. The Hall–Kier alpha value is -0.310. The van der Waals surface area contributed by atoms with E-state index in [-0.39, 0.29) is 0 Å². The van der Waals surface area contributed by atoms with E-state index in [9.17, 15) is 0 Å². The van der Waals surface area contributed by atoms with Crippen molar-refractivity contribution in [1.82, 2.24) is 4.98 Å². The predicted octanol–water partition coefficient (Wildman–Crippen LogP) is 4.30. The summed E-state index contributed by atoms with van der Waals surface area (Å²) in [5.74, 6) is 0. The van der Waals surface area contributed by atoms with E-state index >= 15 is 0 Å². The fourth-order valence-corrected chi connectivity index (χ4v) is 2.11. The Morgan fingerprint density at radius 1 is 1.23 bits per heavy atom. The lowest BCUT2D eigenvalue weighted by atomic mass is 10.2. The van der Waals surface area contributed by atoms with Crippen LogP contribution in [0.3, 0.4) is 0 Å². The van der Waals surface area contributed by atoms with Crippen molar-refractivity contribution in [3.05, 3.63) is 38.9 Å². The topological polar surface area (TPSA) is 12.9 Å². The van der Waals surface area contributed by atoms with Gasteiger partial charge in [-0.3, -0.25) is 4.98 Å². The number of rotatable bonds is 0. The number of fused-ring (bicyclic) bond motifs is 1. The first kappa shape index (κ1) is 9.25. The number of hydrogen-bond donors (Lipinski definition) is 0. The molecule has 66 valence electrons. The second kappa shape index (κ2) is 3.45. The molecule has 4 heteroatoms. The molecular formula is C9H4BrCl2N. The molecular weight excluding hydrogens is 273 g/mol. The molecule has 0 saturated carbocycles. The maximum atomic E-state index is 5.97. The standard InChI is InChI=1S/C9H4BrCl2N/c10-7-1-2-13-9-6(7)3-5(11)4-8(9)12/h1-4H. The predicted molar refractivity (Wildman–Crippen MR) is 59.5 cm³/mol. The minimum atomic E-state index is 0.573. The molecule has 0 amide bonds. The van der Waals surface area contributed by atoms with Gasteiger partial charge in [0, 0.05) is 21.1 Å². The molecule has 0 radical (unpaired) electrons. The average Bonchev–Trinajstić information content (AvgIpc) is 2.07. The maximum absolute atomic E-state index is 5.97. The number of benzene rings is 1. The molecule has 0 saturated heterocycles. The van der Waals surface area contributed by atoms with E-state index in [2.05, 4.69) is 20.9 Å². The van der Waals surface area contributed by atoms with Crippen molar-refractivity contribution < 1.29 is 0 Å². The Morgan fingerprint density at radius 2 is 2.00 bits per heavy atom. The Labute approximate surface area is 93.8 Å². The Balaban J connectivity index is 2.94. The summed E-state index contributed by atoms with van der Waals surface area (Å²) >= 11 is 15.2. The van der Waals surface area contributed by atoms with E-state index in [4.69, 9.17) is 23.2 Å². The quantitative estimate of drug-likeness (QED) is 0.699. The summed E-state index contributed by atoms with van der Waals surface area (Å²) in [4.78, 5) is 4.16. The zero-order valence-electron chi connectivity index (χ0n) is 6.39. The molecule has 0 unspecified atom stereocenters. The Bertz CT molecular complexity index is 470. The number of halogens is 3. The number of aromatic nitrogens is 1. The second-order valence-corrected chi connectivity index (χ2v) is 4.27. The lowest BCUT2D eigenvalue weighted by Gasteiger charge is -2.01. The van der Waals surface area contributed by atoms with E-state index in [1.54, 1.807) is 12.3 Å². The number of hydrogen-bond acceptors (Lipinski definition) is 1. The third-order valence-corrected chi connectivity index (χ3v) is 2.91. The van der Waals surface area contributed by atoms with Gasteiger partial charge >= 0.3 is 0 Å². The largest absolute Gasteiger partial charge is 0.255 e. The van der Waals surface area contributed by atoms with Gasteiger partial charge in [-0.1, -0.05) is 39.1 Å². The van der Waals surface area contributed by atoms with Crippen LogP contribution in [0, 0.1) is 0 Å². The van der Waals surface area contributed by atoms with Crippen LogP contribution < -0.4 is 0 Å². The Kier molecular flexibility index (Phi) is 2.45. The summed E-state index contributed by atoms with van der Waals surface area (Å²) < 4.78 is 0.946. The molecule has 13 heavy (non-hydrogen) atoms. The number of nitrogens with zero attached hydrogens (tertiary/aromatic N) is 1. The average molecular weight is 277 g/mol. The van der Waals surface area contributed by atoms with Gasteiger partial charge in [0.2, 0.25) is 0 Å². The molecule has 1 nitrogen and oxygen atoms in total. The molecule has 0 aliphatic carbocycles. The van der Waals surface area contributed by atoms with Crippen LogP contribution >= 0.6 is 39.1 Å². The molecule has 0 N–H and O–H groups in total. The number of pyridine rings is 1. The van der Waals surface area contributed by atoms with Crippen LogP contribution in [0.4, 0.5) is 0 Å². The van der Waals surface area contributed by atoms with Gasteiger partial charge in [-0.25, -0.2) is 0 Å². The highest BCUT2D eigenvalue weighted by Gasteiger charge is 2.04. The van der Waals surface area contributed by atoms with Crippen LogP contribution in [-0.2, 0) is 0 Å². The zero-order chi connectivity index (χ0) is 9.42. The molecule has 1 aromatic heterocycles. The first-order valence-corrected chi connectivity index (χ1v) is 5.12. The van der Waals surface area contributed by atoms with Crippen molar-refractivity contribution in [3.63, 3.8) is 0 Å². The molecule has 0 aliphatic heterocycles. The first-order valence-electron chi connectivity index (χ1n) is 3.58. The molecule has 0 fully saturated rings. The summed E-state index contributed by atoms with van der Waals surface area (Å²) in [6.45, 7) is 0. The molecule has 1 heterocycles. The molecule has 0 spiro atoms. The van der Waals surface area contributed by atoms with Gasteiger partial charge in [-0.2, -0.15) is 0 Å². The van der Waals surface area contributed by atoms with Crippen LogP contribution in [0.25, 0.3) is 10.9 Å².